The highest BCUT2D eigenvalue weighted by Crippen LogP contribution is 2.20. The largest absolute Gasteiger partial charge is 0.351 e. The Labute approximate surface area is 138 Å². The van der Waals surface area contributed by atoms with E-state index < -0.39 is 0 Å². The molecule has 1 aliphatic heterocycles. The van der Waals surface area contributed by atoms with Crippen molar-refractivity contribution >= 4 is 11.9 Å². The Hall–Kier alpha value is -1.65. The average molecular weight is 316 g/mol. The summed E-state index contributed by atoms with van der Waals surface area (Å²) in [6, 6.07) is 2.19. The van der Waals surface area contributed by atoms with Gasteiger partial charge in [0.05, 0.1) is 0 Å². The molecule has 5 nitrogen and oxygen atoms in total. The molecule has 1 aromatic rings. The van der Waals surface area contributed by atoms with Gasteiger partial charge in [0.15, 0.2) is 0 Å². The molecule has 2 heterocycles. The fraction of sp³-hybridized carbons (Fsp3) is 0.722. The number of nitrogens with zero attached hydrogens (tertiary/aromatic N) is 3. The van der Waals surface area contributed by atoms with Crippen LogP contribution in [0.25, 0.3) is 0 Å². The summed E-state index contributed by atoms with van der Waals surface area (Å²) in [4.78, 5) is 23.4. The summed E-state index contributed by atoms with van der Waals surface area (Å²) in [6.07, 6.45) is 13.9. The van der Waals surface area contributed by atoms with Crippen LogP contribution >= 0.6 is 0 Å². The third-order valence-corrected chi connectivity index (χ3v) is 4.96. The molecule has 1 saturated carbocycles. The maximum absolute atomic E-state index is 12.7. The van der Waals surface area contributed by atoms with Crippen molar-refractivity contribution in [1.82, 2.24) is 14.9 Å². The molecule has 3 rings (SSSR count). The summed E-state index contributed by atoms with van der Waals surface area (Å²) in [5.74, 6) is 0.663. The van der Waals surface area contributed by atoms with Crippen molar-refractivity contribution in [2.45, 2.75) is 70.3 Å². The minimum Gasteiger partial charge on any atom is -0.351 e. The number of amides is 1. The van der Waals surface area contributed by atoms with E-state index in [2.05, 4.69) is 15.3 Å². The van der Waals surface area contributed by atoms with Crippen molar-refractivity contribution in [2.75, 3.05) is 18.4 Å². The van der Waals surface area contributed by atoms with Crippen molar-refractivity contribution in [3.8, 4) is 0 Å². The SMILES string of the molecule is O=C(c1ccnc(NC2CCCCCC2)n1)N1CCCCCC1. The zero-order valence-corrected chi connectivity index (χ0v) is 14.0. The number of likely N-dealkylation sites (tertiary alicyclic amines) is 1. The van der Waals surface area contributed by atoms with Gasteiger partial charge in [0.2, 0.25) is 5.95 Å². The minimum atomic E-state index is 0.0539. The van der Waals surface area contributed by atoms with Crippen molar-refractivity contribution in [3.63, 3.8) is 0 Å². The van der Waals surface area contributed by atoms with Gasteiger partial charge >= 0.3 is 0 Å². The fourth-order valence-electron chi connectivity index (χ4n) is 3.59. The summed E-state index contributed by atoms with van der Waals surface area (Å²) in [5.41, 5.74) is 0.526. The smallest absolute Gasteiger partial charge is 0.272 e. The first-order chi connectivity index (χ1) is 11.3. The van der Waals surface area contributed by atoms with E-state index in [4.69, 9.17) is 0 Å². The minimum absolute atomic E-state index is 0.0539. The summed E-state index contributed by atoms with van der Waals surface area (Å²) < 4.78 is 0. The molecule has 1 aliphatic carbocycles. The van der Waals surface area contributed by atoms with E-state index >= 15 is 0 Å². The summed E-state index contributed by atoms with van der Waals surface area (Å²) >= 11 is 0. The van der Waals surface area contributed by atoms with Crippen molar-refractivity contribution in [3.05, 3.63) is 18.0 Å². The Bertz CT molecular complexity index is 503. The van der Waals surface area contributed by atoms with Crippen LogP contribution < -0.4 is 5.32 Å². The Morgan fingerprint density at radius 1 is 1.00 bits per heavy atom. The van der Waals surface area contributed by atoms with Crippen molar-refractivity contribution < 1.29 is 4.79 Å². The molecule has 0 spiro atoms. The third-order valence-electron chi connectivity index (χ3n) is 4.96. The van der Waals surface area contributed by atoms with Gasteiger partial charge in [0, 0.05) is 25.3 Å². The fourth-order valence-corrected chi connectivity index (χ4v) is 3.59. The van der Waals surface area contributed by atoms with E-state index in [1.54, 1.807) is 12.3 Å². The summed E-state index contributed by atoms with van der Waals surface area (Å²) in [5, 5.41) is 3.44. The Morgan fingerprint density at radius 3 is 2.35 bits per heavy atom. The number of hydrogen-bond donors (Lipinski definition) is 1. The molecule has 0 unspecified atom stereocenters. The lowest BCUT2D eigenvalue weighted by atomic mass is 10.1. The number of carbonyl (C=O) groups excluding carboxylic acids is 1. The second kappa shape index (κ2) is 8.27. The highest BCUT2D eigenvalue weighted by molar-refractivity contribution is 5.92. The topological polar surface area (TPSA) is 58.1 Å². The Kier molecular flexibility index (Phi) is 5.83. The first-order valence-corrected chi connectivity index (χ1v) is 9.22. The van der Waals surface area contributed by atoms with E-state index in [0.29, 0.717) is 17.7 Å². The van der Waals surface area contributed by atoms with E-state index in [-0.39, 0.29) is 5.91 Å². The Morgan fingerprint density at radius 2 is 1.65 bits per heavy atom. The van der Waals surface area contributed by atoms with E-state index in [1.807, 2.05) is 4.90 Å². The third kappa shape index (κ3) is 4.66. The molecule has 126 valence electrons. The highest BCUT2D eigenvalue weighted by atomic mass is 16.2. The lowest BCUT2D eigenvalue weighted by molar-refractivity contribution is 0.0755. The molecule has 2 fully saturated rings. The average Bonchev–Trinajstić information content (AvgIpc) is 2.99. The van der Waals surface area contributed by atoms with Gasteiger partial charge < -0.3 is 10.2 Å². The first kappa shape index (κ1) is 16.2. The zero-order chi connectivity index (χ0) is 15.9. The van der Waals surface area contributed by atoms with Crippen LogP contribution in [0.4, 0.5) is 5.95 Å². The van der Waals surface area contributed by atoms with Crippen LogP contribution in [0.15, 0.2) is 12.3 Å². The first-order valence-electron chi connectivity index (χ1n) is 9.22. The maximum atomic E-state index is 12.7. The molecule has 1 saturated heterocycles. The predicted octanol–water partition coefficient (Wildman–Crippen LogP) is 3.63. The van der Waals surface area contributed by atoms with Gasteiger partial charge in [-0.3, -0.25) is 4.79 Å². The molecule has 1 N–H and O–H groups in total. The van der Waals surface area contributed by atoms with Crippen LogP contribution in [0.1, 0.15) is 74.7 Å². The van der Waals surface area contributed by atoms with E-state index in [0.717, 1.165) is 25.9 Å². The second-order valence-electron chi connectivity index (χ2n) is 6.80. The number of aromatic nitrogens is 2. The van der Waals surface area contributed by atoms with Crippen LogP contribution in [-0.4, -0.2) is 39.9 Å². The van der Waals surface area contributed by atoms with Crippen LogP contribution in [0.2, 0.25) is 0 Å². The van der Waals surface area contributed by atoms with Gasteiger partial charge in [-0.15, -0.1) is 0 Å². The van der Waals surface area contributed by atoms with Crippen LogP contribution in [-0.2, 0) is 0 Å². The van der Waals surface area contributed by atoms with Gasteiger partial charge in [0.1, 0.15) is 5.69 Å². The molecular formula is C18H28N4O. The molecule has 0 aromatic carbocycles. The molecule has 0 radical (unpaired) electrons. The van der Waals surface area contributed by atoms with Crippen LogP contribution in [0.5, 0.6) is 0 Å². The monoisotopic (exact) mass is 316 g/mol. The quantitative estimate of drug-likeness (QED) is 0.865. The molecule has 0 bridgehead atoms. The molecule has 1 amide bonds. The molecule has 2 aliphatic rings. The number of nitrogens with one attached hydrogen (secondary N) is 1. The number of carbonyl (C=O) groups is 1. The number of hydrogen-bond acceptors (Lipinski definition) is 4. The van der Waals surface area contributed by atoms with E-state index in [9.17, 15) is 4.79 Å². The second-order valence-corrected chi connectivity index (χ2v) is 6.80. The van der Waals surface area contributed by atoms with Gasteiger partial charge in [0.25, 0.3) is 5.91 Å². The predicted molar refractivity (Wildman–Crippen MR) is 91.5 cm³/mol. The van der Waals surface area contributed by atoms with Crippen molar-refractivity contribution in [1.29, 1.82) is 0 Å². The molecule has 5 heteroatoms. The van der Waals surface area contributed by atoms with E-state index in [1.165, 1.54) is 51.4 Å². The van der Waals surface area contributed by atoms with Crippen LogP contribution in [0, 0.1) is 0 Å². The van der Waals surface area contributed by atoms with Gasteiger partial charge in [-0.1, -0.05) is 38.5 Å². The molecule has 23 heavy (non-hydrogen) atoms. The summed E-state index contributed by atoms with van der Waals surface area (Å²) in [6.45, 7) is 1.71. The highest BCUT2D eigenvalue weighted by Gasteiger charge is 2.19. The standard InChI is InChI=1S/C18H28N4O/c23-17(22-13-7-3-4-8-14-22)16-11-12-19-18(21-16)20-15-9-5-1-2-6-10-15/h11-12,15H,1-10,13-14H2,(H,19,20,21). The normalized spacial score (nSPS) is 20.6. The number of anilines is 1. The zero-order valence-electron chi connectivity index (χ0n) is 14.0. The Balaban J connectivity index is 1.65. The molecule has 1 aromatic heterocycles. The number of rotatable bonds is 3. The van der Waals surface area contributed by atoms with Gasteiger partial charge in [-0.05, 0) is 31.7 Å². The lowest BCUT2D eigenvalue weighted by Crippen LogP contribution is -2.32. The molecule has 0 atom stereocenters. The van der Waals surface area contributed by atoms with Gasteiger partial charge in [-0.25, -0.2) is 9.97 Å². The summed E-state index contributed by atoms with van der Waals surface area (Å²) in [7, 11) is 0. The molecular weight excluding hydrogens is 288 g/mol. The maximum Gasteiger partial charge on any atom is 0.272 e. The van der Waals surface area contributed by atoms with Crippen molar-refractivity contribution in [2.24, 2.45) is 0 Å². The van der Waals surface area contributed by atoms with Gasteiger partial charge in [-0.2, -0.15) is 0 Å². The van der Waals surface area contributed by atoms with Crippen LogP contribution in [0.3, 0.4) is 0 Å². The lowest BCUT2D eigenvalue weighted by Gasteiger charge is -2.20.